The lowest BCUT2D eigenvalue weighted by Gasteiger charge is -2.17. The molecule has 0 saturated heterocycles. The van der Waals surface area contributed by atoms with Gasteiger partial charge in [-0.1, -0.05) is 36.6 Å². The molecular weight excluding hydrogens is 409 g/mol. The van der Waals surface area contributed by atoms with Crippen molar-refractivity contribution in [3.8, 4) is 11.4 Å². The zero-order valence-corrected chi connectivity index (χ0v) is 17.9. The van der Waals surface area contributed by atoms with Crippen LogP contribution in [0.15, 0.2) is 33.7 Å². The minimum Gasteiger partial charge on any atom is -0.480 e. The summed E-state index contributed by atoms with van der Waals surface area (Å²) >= 11 is 0. The predicted molar refractivity (Wildman–Crippen MR) is 111 cm³/mol. The second-order valence-corrected chi connectivity index (χ2v) is 8.90. The van der Waals surface area contributed by atoms with E-state index in [0.717, 1.165) is 25.7 Å². The van der Waals surface area contributed by atoms with E-state index >= 15 is 0 Å². The Balaban J connectivity index is 1.73. The number of nitrogens with zero attached hydrogens (tertiary/aromatic N) is 2. The first-order valence-electron chi connectivity index (χ1n) is 10.0. The topological polar surface area (TPSA) is 105 Å². The molecule has 0 aliphatic heterocycles. The highest BCUT2D eigenvalue weighted by Crippen LogP contribution is 2.33. The van der Waals surface area contributed by atoms with Crippen molar-refractivity contribution in [3.05, 3.63) is 46.5 Å². The van der Waals surface area contributed by atoms with Gasteiger partial charge in [0.15, 0.2) is 0 Å². The summed E-state index contributed by atoms with van der Waals surface area (Å²) in [5, 5.41) is 13.4. The zero-order chi connectivity index (χ0) is 21.7. The molecule has 1 saturated carbocycles. The number of carboxylic acid groups (broad SMARTS) is 1. The summed E-state index contributed by atoms with van der Waals surface area (Å²) in [6.45, 7) is 3.36. The van der Waals surface area contributed by atoms with Crippen LogP contribution in [-0.4, -0.2) is 31.5 Å². The average molecular weight is 436 g/mol. The third-order valence-electron chi connectivity index (χ3n) is 5.36. The van der Waals surface area contributed by atoms with E-state index in [1.807, 2.05) is 0 Å². The molecule has 1 aromatic carbocycles. The van der Waals surface area contributed by atoms with Crippen molar-refractivity contribution in [1.29, 1.82) is 0 Å². The Labute approximate surface area is 177 Å². The number of hydrogen-bond acceptors (Lipinski definition) is 5. The lowest BCUT2D eigenvalue weighted by molar-refractivity contribution is -0.138. The van der Waals surface area contributed by atoms with E-state index in [1.165, 1.54) is 18.6 Å². The summed E-state index contributed by atoms with van der Waals surface area (Å²) in [7, 11) is -1.62. The quantitative estimate of drug-likeness (QED) is 0.647. The highest BCUT2D eigenvalue weighted by atomic mass is 32.2. The summed E-state index contributed by atoms with van der Waals surface area (Å²) in [6.07, 6.45) is 7.09. The third-order valence-corrected chi connectivity index (χ3v) is 6.68. The fourth-order valence-electron chi connectivity index (χ4n) is 3.47. The highest BCUT2D eigenvalue weighted by Gasteiger charge is 2.24. The van der Waals surface area contributed by atoms with Crippen molar-refractivity contribution in [1.82, 2.24) is 14.9 Å². The number of carbonyl (C=O) groups is 1. The molecular formula is C21H26FN3O4S. The largest absolute Gasteiger partial charge is 0.480 e. The Morgan fingerprint density at radius 3 is 2.77 bits per heavy atom. The molecule has 0 amide bonds. The van der Waals surface area contributed by atoms with Crippen LogP contribution in [0.2, 0.25) is 0 Å². The Hall–Kier alpha value is -2.39. The van der Waals surface area contributed by atoms with E-state index < -0.39 is 28.8 Å². The van der Waals surface area contributed by atoms with Gasteiger partial charge in [0.1, 0.15) is 22.8 Å². The smallest absolute Gasteiger partial charge is 0.321 e. The molecule has 2 atom stereocenters. The number of rotatable bonds is 8. The molecule has 1 aliphatic rings. The second kappa shape index (κ2) is 10.1. The van der Waals surface area contributed by atoms with Crippen molar-refractivity contribution >= 4 is 17.0 Å². The first-order valence-corrected chi connectivity index (χ1v) is 11.2. The number of hydrogen-bond donors (Lipinski definition) is 2. The molecule has 2 N–H and O–H groups in total. The third kappa shape index (κ3) is 5.40. The molecule has 1 heterocycles. The number of aromatic nitrogens is 2. The molecule has 162 valence electrons. The van der Waals surface area contributed by atoms with Crippen molar-refractivity contribution < 1.29 is 23.0 Å². The van der Waals surface area contributed by atoms with Gasteiger partial charge < -0.3 is 9.63 Å². The highest BCUT2D eigenvalue weighted by molar-refractivity contribution is 7.87. The van der Waals surface area contributed by atoms with E-state index in [0.29, 0.717) is 16.4 Å². The normalized spacial score (nSPS) is 17.6. The summed E-state index contributed by atoms with van der Waals surface area (Å²) < 4.78 is 34.7. The Bertz CT molecular complexity index is 953. The van der Waals surface area contributed by atoms with Crippen LogP contribution in [-0.2, 0) is 22.2 Å². The minimum atomic E-state index is -1.62. The molecule has 9 heteroatoms. The molecule has 30 heavy (non-hydrogen) atoms. The van der Waals surface area contributed by atoms with Crippen LogP contribution < -0.4 is 4.72 Å². The number of allylic oxidation sites excluding steroid dienone is 2. The number of benzene rings is 1. The summed E-state index contributed by atoms with van der Waals surface area (Å²) in [4.78, 5) is 16.4. The monoisotopic (exact) mass is 435 g/mol. The minimum absolute atomic E-state index is 0.0190. The van der Waals surface area contributed by atoms with Gasteiger partial charge in [-0.05, 0) is 50.8 Å². The average Bonchev–Trinajstić information content (AvgIpc) is 3.23. The van der Waals surface area contributed by atoms with Crippen molar-refractivity contribution in [3.63, 3.8) is 0 Å². The summed E-state index contributed by atoms with van der Waals surface area (Å²) in [5.74, 6) is -0.751. The molecule has 0 bridgehead atoms. The van der Waals surface area contributed by atoms with Crippen LogP contribution in [0.1, 0.15) is 63.3 Å². The second-order valence-electron chi connectivity index (χ2n) is 7.49. The maximum Gasteiger partial charge on any atom is 0.321 e. The van der Waals surface area contributed by atoms with E-state index in [1.54, 1.807) is 26.0 Å². The number of halogens is 1. The van der Waals surface area contributed by atoms with E-state index in [-0.39, 0.29) is 23.7 Å². The fourth-order valence-corrected chi connectivity index (χ4v) is 4.31. The van der Waals surface area contributed by atoms with Gasteiger partial charge >= 0.3 is 5.97 Å². The van der Waals surface area contributed by atoms with Crippen molar-refractivity contribution in [2.45, 2.75) is 64.3 Å². The lowest BCUT2D eigenvalue weighted by atomic mass is 9.89. The molecule has 2 unspecified atom stereocenters. The van der Waals surface area contributed by atoms with Gasteiger partial charge in [0.25, 0.3) is 0 Å². The molecule has 1 aromatic heterocycles. The fraction of sp³-hybridized carbons (Fsp3) is 0.476. The predicted octanol–water partition coefficient (Wildman–Crippen LogP) is 4.10. The van der Waals surface area contributed by atoms with Crippen LogP contribution in [0.4, 0.5) is 4.39 Å². The van der Waals surface area contributed by atoms with Gasteiger partial charge in [-0.25, -0.2) is 13.3 Å². The van der Waals surface area contributed by atoms with Crippen LogP contribution in [0.25, 0.3) is 11.4 Å². The van der Waals surface area contributed by atoms with Gasteiger partial charge in [-0.2, -0.15) is 4.98 Å². The zero-order valence-electron chi connectivity index (χ0n) is 17.1. The van der Waals surface area contributed by atoms with Crippen molar-refractivity contribution in [2.24, 2.45) is 0 Å². The molecule has 1 fully saturated rings. The molecule has 7 nitrogen and oxygen atoms in total. The van der Waals surface area contributed by atoms with Gasteiger partial charge in [-0.15, -0.1) is 0 Å². The molecule has 1 aliphatic carbocycles. The standard InChI is InChI=1S/C21H26FN3O4S/c1-3-13(2)30(28)25-18(21(26)27)12-14-9-10-16(17(22)11-14)19-23-20(29-24-19)15-7-5-4-6-8-15/h3,9-11,15,18,25H,4-8,12H2,1-2H3,(H,26,27)/b13-3+. The van der Waals surface area contributed by atoms with Crippen LogP contribution in [0.3, 0.4) is 0 Å². The Kier molecular flexibility index (Phi) is 7.49. The van der Waals surface area contributed by atoms with Gasteiger partial charge in [0.2, 0.25) is 11.7 Å². The molecule has 0 radical (unpaired) electrons. The first-order chi connectivity index (χ1) is 14.4. The van der Waals surface area contributed by atoms with Gasteiger partial charge in [-0.3, -0.25) is 4.79 Å². The maximum absolute atomic E-state index is 14.7. The SMILES string of the molecule is C/C=C(\C)S(=O)NC(Cc1ccc(-c2noc(C3CCCCC3)n2)c(F)c1)C(=O)O. The molecule has 2 aromatic rings. The Morgan fingerprint density at radius 2 is 2.13 bits per heavy atom. The number of nitrogens with one attached hydrogen (secondary N) is 1. The maximum atomic E-state index is 14.7. The first kappa shape index (κ1) is 22.3. The summed E-state index contributed by atoms with van der Waals surface area (Å²) in [6, 6.07) is 3.29. The van der Waals surface area contributed by atoms with Gasteiger partial charge in [0, 0.05) is 10.8 Å². The van der Waals surface area contributed by atoms with Crippen LogP contribution in [0, 0.1) is 5.82 Å². The van der Waals surface area contributed by atoms with Crippen LogP contribution in [0.5, 0.6) is 0 Å². The number of carboxylic acids is 1. The van der Waals surface area contributed by atoms with Gasteiger partial charge in [0.05, 0.1) is 5.56 Å². The number of aliphatic carboxylic acids is 1. The van der Waals surface area contributed by atoms with E-state index in [9.17, 15) is 18.5 Å². The summed E-state index contributed by atoms with van der Waals surface area (Å²) in [5.41, 5.74) is 0.667. The lowest BCUT2D eigenvalue weighted by Crippen LogP contribution is -2.39. The van der Waals surface area contributed by atoms with E-state index in [4.69, 9.17) is 4.52 Å². The molecule has 0 spiro atoms. The van der Waals surface area contributed by atoms with Crippen molar-refractivity contribution in [2.75, 3.05) is 0 Å². The van der Waals surface area contributed by atoms with Crippen LogP contribution >= 0.6 is 0 Å². The van der Waals surface area contributed by atoms with E-state index in [2.05, 4.69) is 14.9 Å². The molecule has 3 rings (SSSR count). The Morgan fingerprint density at radius 1 is 1.40 bits per heavy atom.